The van der Waals surface area contributed by atoms with E-state index in [1.165, 1.54) is 11.8 Å². The summed E-state index contributed by atoms with van der Waals surface area (Å²) in [5.74, 6) is 1.67. The third-order valence-corrected chi connectivity index (χ3v) is 4.92. The van der Waals surface area contributed by atoms with Crippen molar-refractivity contribution in [1.29, 1.82) is 0 Å². The van der Waals surface area contributed by atoms with Crippen LogP contribution in [0.3, 0.4) is 0 Å². The molecule has 0 amide bonds. The maximum absolute atomic E-state index is 11.5. The van der Waals surface area contributed by atoms with E-state index in [0.717, 1.165) is 28.9 Å². The minimum atomic E-state index is -0.271. The highest BCUT2D eigenvalue weighted by Gasteiger charge is 2.49. The number of allylic oxidation sites excluding steroid dienone is 3. The minimum Gasteiger partial charge on any atom is -0.497 e. The van der Waals surface area contributed by atoms with E-state index in [4.69, 9.17) is 4.74 Å². The Balaban J connectivity index is 1.93. The van der Waals surface area contributed by atoms with Crippen LogP contribution in [0.15, 0.2) is 53.6 Å². The summed E-state index contributed by atoms with van der Waals surface area (Å²) in [4.78, 5) is 18.2. The summed E-state index contributed by atoms with van der Waals surface area (Å²) in [5, 5.41) is 0.883. The number of carbonyl (C=O) groups excluding carboxylic acids is 1. The Bertz CT molecular complexity index is 787. The van der Waals surface area contributed by atoms with Crippen LogP contribution in [0, 0.1) is 0 Å². The minimum absolute atomic E-state index is 0.0478. The van der Waals surface area contributed by atoms with Crippen molar-refractivity contribution in [3.05, 3.63) is 48.5 Å². The molecule has 1 aromatic heterocycles. The third kappa shape index (κ3) is 1.67. The fourth-order valence-electron chi connectivity index (χ4n) is 3.21. The highest BCUT2D eigenvalue weighted by molar-refractivity contribution is 8.13. The molecule has 2 aliphatic heterocycles. The largest absolute Gasteiger partial charge is 0.497 e. The van der Waals surface area contributed by atoms with Gasteiger partial charge in [-0.2, -0.15) is 0 Å². The van der Waals surface area contributed by atoms with Gasteiger partial charge >= 0.3 is 0 Å². The number of thioether (sulfide) groups is 1. The normalized spacial score (nSPS) is 24.4. The van der Waals surface area contributed by atoms with Crippen molar-refractivity contribution in [2.75, 3.05) is 12.0 Å². The van der Waals surface area contributed by atoms with Gasteiger partial charge in [0.2, 0.25) is 5.95 Å². The lowest BCUT2D eigenvalue weighted by Gasteiger charge is -2.37. The van der Waals surface area contributed by atoms with Gasteiger partial charge in [0, 0.05) is 25.6 Å². The molecule has 6 heteroatoms. The maximum Gasteiger partial charge on any atom is 0.216 e. The number of carbonyl (C=O) groups is 1. The van der Waals surface area contributed by atoms with Crippen LogP contribution >= 0.6 is 11.8 Å². The molecule has 3 aliphatic rings. The molecular weight excluding hydrogens is 298 g/mol. The molecule has 1 aliphatic carbocycles. The summed E-state index contributed by atoms with van der Waals surface area (Å²) in [6, 6.07) is 0. The van der Waals surface area contributed by atoms with Crippen molar-refractivity contribution < 1.29 is 9.53 Å². The van der Waals surface area contributed by atoms with Gasteiger partial charge in [-0.3, -0.25) is 9.36 Å². The smallest absolute Gasteiger partial charge is 0.216 e. The third-order valence-electron chi connectivity index (χ3n) is 4.14. The molecule has 0 N–H and O–H groups in total. The Morgan fingerprint density at radius 3 is 3.09 bits per heavy atom. The van der Waals surface area contributed by atoms with Crippen molar-refractivity contribution in [3.63, 3.8) is 0 Å². The lowest BCUT2D eigenvalue weighted by molar-refractivity contribution is -0.109. The summed E-state index contributed by atoms with van der Waals surface area (Å²) in [6.45, 7) is 1.57. The van der Waals surface area contributed by atoms with E-state index >= 15 is 0 Å². The zero-order valence-electron chi connectivity index (χ0n) is 12.3. The number of nitrogens with zero attached hydrogens (tertiary/aromatic N) is 3. The van der Waals surface area contributed by atoms with Gasteiger partial charge in [0.1, 0.15) is 16.3 Å². The average molecular weight is 313 g/mol. The molecule has 0 bridgehead atoms. The molecule has 0 radical (unpaired) electrons. The van der Waals surface area contributed by atoms with Gasteiger partial charge < -0.3 is 9.64 Å². The molecule has 5 nitrogen and oxygen atoms in total. The van der Waals surface area contributed by atoms with Crippen LogP contribution in [0.5, 0.6) is 0 Å². The van der Waals surface area contributed by atoms with Gasteiger partial charge in [-0.1, -0.05) is 12.2 Å². The summed E-state index contributed by atoms with van der Waals surface area (Å²) in [7, 11) is 1.67. The first-order chi connectivity index (χ1) is 10.7. The molecule has 1 unspecified atom stereocenters. The van der Waals surface area contributed by atoms with Gasteiger partial charge in [-0.15, -0.1) is 0 Å². The Morgan fingerprint density at radius 1 is 1.45 bits per heavy atom. The van der Waals surface area contributed by atoms with Crippen molar-refractivity contribution in [2.24, 2.45) is 0 Å². The summed E-state index contributed by atoms with van der Waals surface area (Å²) >= 11 is 1.20. The molecule has 1 atom stereocenters. The summed E-state index contributed by atoms with van der Waals surface area (Å²) in [6.07, 6.45) is 14.9. The lowest BCUT2D eigenvalue weighted by Crippen LogP contribution is -2.43. The topological polar surface area (TPSA) is 47.4 Å². The molecule has 112 valence electrons. The first kappa shape index (κ1) is 13.5. The lowest BCUT2D eigenvalue weighted by atomic mass is 9.85. The quantitative estimate of drug-likeness (QED) is 0.786. The molecule has 0 fully saturated rings. The zero-order valence-corrected chi connectivity index (χ0v) is 13.1. The van der Waals surface area contributed by atoms with E-state index in [9.17, 15) is 4.79 Å². The van der Waals surface area contributed by atoms with E-state index in [1.54, 1.807) is 20.2 Å². The summed E-state index contributed by atoms with van der Waals surface area (Å²) < 4.78 is 7.46. The zero-order chi connectivity index (χ0) is 15.3. The van der Waals surface area contributed by atoms with Crippen molar-refractivity contribution in [1.82, 2.24) is 9.55 Å². The van der Waals surface area contributed by atoms with E-state index in [2.05, 4.69) is 32.7 Å². The molecule has 4 rings (SSSR count). The SMILES string of the molecule is COC1=CCC23C=CC=CN2c2ncc(SC(C)=O)n2C3=C1. The predicted octanol–water partition coefficient (Wildman–Crippen LogP) is 2.94. The van der Waals surface area contributed by atoms with Crippen molar-refractivity contribution >= 4 is 28.5 Å². The van der Waals surface area contributed by atoms with Crippen LogP contribution < -0.4 is 4.90 Å². The molecule has 1 aromatic rings. The standard InChI is InChI=1S/C16H15N3O2S/c1-11(20)22-14-10-17-15-18-8-4-3-6-16(18)7-5-12(21-2)9-13(16)19(14)15/h3-6,8-10H,7H2,1-2H3. The number of anilines is 1. The average Bonchev–Trinajstić information content (AvgIpc) is 3.03. The highest BCUT2D eigenvalue weighted by atomic mass is 32.2. The van der Waals surface area contributed by atoms with Crippen LogP contribution in [0.2, 0.25) is 0 Å². The second kappa shape index (κ2) is 4.64. The second-order valence-electron chi connectivity index (χ2n) is 5.36. The monoisotopic (exact) mass is 313 g/mol. The number of aromatic nitrogens is 2. The van der Waals surface area contributed by atoms with Crippen LogP contribution in [-0.4, -0.2) is 27.3 Å². The van der Waals surface area contributed by atoms with Crippen molar-refractivity contribution in [3.8, 4) is 0 Å². The van der Waals surface area contributed by atoms with E-state index < -0.39 is 0 Å². The Labute approximate surface area is 132 Å². The van der Waals surface area contributed by atoms with Crippen molar-refractivity contribution in [2.45, 2.75) is 23.9 Å². The van der Waals surface area contributed by atoms with Crippen LogP contribution in [0.4, 0.5) is 5.95 Å². The first-order valence-electron chi connectivity index (χ1n) is 7.04. The van der Waals surface area contributed by atoms with Crippen LogP contribution in [0.25, 0.3) is 5.70 Å². The molecule has 0 saturated heterocycles. The first-order valence-corrected chi connectivity index (χ1v) is 7.85. The van der Waals surface area contributed by atoms with Gasteiger partial charge in [0.25, 0.3) is 0 Å². The summed E-state index contributed by atoms with van der Waals surface area (Å²) in [5.41, 5.74) is 0.802. The Hall–Kier alpha value is -2.21. The molecule has 0 saturated carbocycles. The van der Waals surface area contributed by atoms with E-state index in [0.29, 0.717) is 0 Å². The number of imidazole rings is 1. The molecular formula is C16H15N3O2S. The molecule has 0 aromatic carbocycles. The molecule has 3 heterocycles. The van der Waals surface area contributed by atoms with Gasteiger partial charge in [-0.05, 0) is 23.9 Å². The fourth-order valence-corrected chi connectivity index (χ4v) is 3.88. The number of ether oxygens (including phenoxy) is 1. The number of hydrogen-bond acceptors (Lipinski definition) is 5. The van der Waals surface area contributed by atoms with Gasteiger partial charge in [0.05, 0.1) is 19.0 Å². The second-order valence-corrected chi connectivity index (χ2v) is 6.56. The van der Waals surface area contributed by atoms with E-state index in [1.807, 2.05) is 18.4 Å². The van der Waals surface area contributed by atoms with Crippen LogP contribution in [0.1, 0.15) is 13.3 Å². The predicted molar refractivity (Wildman–Crippen MR) is 86.2 cm³/mol. The maximum atomic E-state index is 11.5. The Morgan fingerprint density at radius 2 is 2.32 bits per heavy atom. The fraction of sp³-hybridized carbons (Fsp3) is 0.250. The Kier molecular flexibility index (Phi) is 2.84. The van der Waals surface area contributed by atoms with E-state index in [-0.39, 0.29) is 10.7 Å². The van der Waals surface area contributed by atoms with Gasteiger partial charge in [0.15, 0.2) is 5.12 Å². The molecule has 22 heavy (non-hydrogen) atoms. The van der Waals surface area contributed by atoms with Gasteiger partial charge in [-0.25, -0.2) is 4.98 Å². The number of fused-ring (bicyclic) bond motifs is 3. The number of hydrogen-bond donors (Lipinski definition) is 0. The molecule has 1 spiro atoms. The highest BCUT2D eigenvalue weighted by Crippen LogP contribution is 2.50. The number of methoxy groups -OCH3 is 1. The number of rotatable bonds is 2. The van der Waals surface area contributed by atoms with Crippen LogP contribution in [-0.2, 0) is 9.53 Å².